The van der Waals surface area contributed by atoms with Gasteiger partial charge in [-0.2, -0.15) is 0 Å². The number of benzene rings is 1. The number of hydrogen-bond acceptors (Lipinski definition) is 2. The van der Waals surface area contributed by atoms with Gasteiger partial charge in [0.25, 0.3) is 0 Å². The number of carbonyl (C=O) groups is 1. The quantitative estimate of drug-likeness (QED) is 0.886. The van der Waals surface area contributed by atoms with Crippen molar-refractivity contribution in [3.05, 3.63) is 35.9 Å². The van der Waals surface area contributed by atoms with E-state index in [0.717, 1.165) is 38.0 Å². The van der Waals surface area contributed by atoms with Crippen LogP contribution in [0, 0.1) is 5.92 Å². The highest BCUT2D eigenvalue weighted by molar-refractivity contribution is 5.83. The van der Waals surface area contributed by atoms with Crippen molar-refractivity contribution in [1.29, 1.82) is 0 Å². The van der Waals surface area contributed by atoms with Crippen molar-refractivity contribution >= 4 is 5.91 Å². The molecule has 0 aromatic heterocycles. The maximum Gasteiger partial charge on any atom is 0.229 e. The Labute approximate surface area is 109 Å². The summed E-state index contributed by atoms with van der Waals surface area (Å²) in [5.74, 6) is 0.804. The van der Waals surface area contributed by atoms with Crippen molar-refractivity contribution in [3.8, 4) is 0 Å². The molecule has 1 saturated heterocycles. The lowest BCUT2D eigenvalue weighted by Crippen LogP contribution is -2.41. The molecule has 3 nitrogen and oxygen atoms in total. The lowest BCUT2D eigenvalue weighted by molar-refractivity contribution is -0.133. The average molecular weight is 246 g/mol. The van der Waals surface area contributed by atoms with Crippen LogP contribution in [0.4, 0.5) is 0 Å². The van der Waals surface area contributed by atoms with Crippen molar-refractivity contribution in [2.24, 2.45) is 11.7 Å². The topological polar surface area (TPSA) is 46.3 Å². The van der Waals surface area contributed by atoms with Crippen LogP contribution in [-0.4, -0.2) is 30.4 Å². The SMILES string of the molecule is CC(C(=O)N1CCC(CN)CC1)c1ccccc1. The van der Waals surface area contributed by atoms with Crippen molar-refractivity contribution in [3.63, 3.8) is 0 Å². The average Bonchev–Trinajstić information content (AvgIpc) is 2.47. The van der Waals surface area contributed by atoms with Gasteiger partial charge in [0.05, 0.1) is 5.92 Å². The van der Waals surface area contributed by atoms with Gasteiger partial charge in [-0.1, -0.05) is 30.3 Å². The van der Waals surface area contributed by atoms with Crippen molar-refractivity contribution in [1.82, 2.24) is 4.90 Å². The molecule has 1 aromatic rings. The van der Waals surface area contributed by atoms with Crippen LogP contribution in [0.15, 0.2) is 30.3 Å². The maximum absolute atomic E-state index is 12.4. The zero-order valence-electron chi connectivity index (χ0n) is 11.0. The van der Waals surface area contributed by atoms with E-state index in [9.17, 15) is 4.79 Å². The van der Waals surface area contributed by atoms with E-state index in [2.05, 4.69) is 0 Å². The summed E-state index contributed by atoms with van der Waals surface area (Å²) in [6.07, 6.45) is 2.09. The lowest BCUT2D eigenvalue weighted by atomic mass is 9.94. The van der Waals surface area contributed by atoms with Crippen molar-refractivity contribution < 1.29 is 4.79 Å². The lowest BCUT2D eigenvalue weighted by Gasteiger charge is -2.33. The van der Waals surface area contributed by atoms with E-state index in [1.165, 1.54) is 0 Å². The van der Waals surface area contributed by atoms with Gasteiger partial charge in [0.2, 0.25) is 5.91 Å². The summed E-state index contributed by atoms with van der Waals surface area (Å²) in [6.45, 7) is 4.46. The Bertz CT molecular complexity index is 383. The molecule has 18 heavy (non-hydrogen) atoms. The van der Waals surface area contributed by atoms with Crippen LogP contribution in [0.2, 0.25) is 0 Å². The fourth-order valence-corrected chi connectivity index (χ4v) is 2.55. The number of piperidine rings is 1. The molecule has 2 rings (SSSR count). The standard InChI is InChI=1S/C15H22N2O/c1-12(14-5-3-2-4-6-14)15(18)17-9-7-13(11-16)8-10-17/h2-6,12-13H,7-11,16H2,1H3. The first-order valence-electron chi connectivity index (χ1n) is 6.76. The summed E-state index contributed by atoms with van der Waals surface area (Å²) in [5.41, 5.74) is 6.77. The van der Waals surface area contributed by atoms with Gasteiger partial charge < -0.3 is 10.6 Å². The minimum atomic E-state index is -0.0411. The second kappa shape index (κ2) is 6.01. The Balaban J connectivity index is 1.96. The Hall–Kier alpha value is -1.35. The van der Waals surface area contributed by atoms with E-state index >= 15 is 0 Å². The molecule has 1 aliphatic rings. The summed E-state index contributed by atoms with van der Waals surface area (Å²) in [5, 5.41) is 0. The van der Waals surface area contributed by atoms with Gasteiger partial charge in [0, 0.05) is 13.1 Å². The molecule has 1 aliphatic heterocycles. The number of carbonyl (C=O) groups excluding carboxylic acids is 1. The molecule has 1 amide bonds. The van der Waals surface area contributed by atoms with Gasteiger partial charge in [-0.05, 0) is 37.8 Å². The minimum Gasteiger partial charge on any atom is -0.342 e. The molecule has 1 unspecified atom stereocenters. The van der Waals surface area contributed by atoms with Gasteiger partial charge in [-0.25, -0.2) is 0 Å². The summed E-state index contributed by atoms with van der Waals surface area (Å²) in [6, 6.07) is 10.00. The summed E-state index contributed by atoms with van der Waals surface area (Å²) < 4.78 is 0. The van der Waals surface area contributed by atoms with Crippen LogP contribution in [0.1, 0.15) is 31.2 Å². The van der Waals surface area contributed by atoms with E-state index in [-0.39, 0.29) is 11.8 Å². The molecule has 1 aromatic carbocycles. The third-order valence-corrected chi connectivity index (χ3v) is 3.93. The van der Waals surface area contributed by atoms with E-state index in [0.29, 0.717) is 5.92 Å². The molecular formula is C15H22N2O. The fourth-order valence-electron chi connectivity index (χ4n) is 2.55. The van der Waals surface area contributed by atoms with Gasteiger partial charge in [0.1, 0.15) is 0 Å². The first kappa shape index (κ1) is 13.1. The largest absolute Gasteiger partial charge is 0.342 e. The first-order valence-corrected chi connectivity index (χ1v) is 6.76. The number of nitrogens with zero attached hydrogens (tertiary/aromatic N) is 1. The molecule has 0 radical (unpaired) electrons. The molecule has 98 valence electrons. The van der Waals surface area contributed by atoms with Crippen LogP contribution in [0.5, 0.6) is 0 Å². The van der Waals surface area contributed by atoms with E-state index in [4.69, 9.17) is 5.73 Å². The van der Waals surface area contributed by atoms with Crippen LogP contribution >= 0.6 is 0 Å². The molecule has 2 N–H and O–H groups in total. The number of nitrogens with two attached hydrogens (primary N) is 1. The Morgan fingerprint density at radius 2 is 1.94 bits per heavy atom. The van der Waals surface area contributed by atoms with E-state index in [1.54, 1.807) is 0 Å². The molecule has 0 spiro atoms. The maximum atomic E-state index is 12.4. The molecule has 3 heteroatoms. The van der Waals surface area contributed by atoms with Crippen LogP contribution < -0.4 is 5.73 Å². The molecule has 1 atom stereocenters. The van der Waals surface area contributed by atoms with Crippen LogP contribution in [0.25, 0.3) is 0 Å². The molecule has 0 bridgehead atoms. The monoisotopic (exact) mass is 246 g/mol. The fraction of sp³-hybridized carbons (Fsp3) is 0.533. The Morgan fingerprint density at radius 1 is 1.33 bits per heavy atom. The zero-order valence-corrected chi connectivity index (χ0v) is 11.0. The summed E-state index contributed by atoms with van der Waals surface area (Å²) >= 11 is 0. The first-order chi connectivity index (χ1) is 8.72. The highest BCUT2D eigenvalue weighted by atomic mass is 16.2. The number of rotatable bonds is 3. The molecule has 0 aliphatic carbocycles. The second-order valence-electron chi connectivity index (χ2n) is 5.14. The molecular weight excluding hydrogens is 224 g/mol. The Kier molecular flexibility index (Phi) is 4.37. The smallest absolute Gasteiger partial charge is 0.229 e. The summed E-state index contributed by atoms with van der Waals surface area (Å²) in [7, 11) is 0. The predicted molar refractivity (Wildman–Crippen MR) is 73.2 cm³/mol. The normalized spacial score (nSPS) is 18.7. The number of hydrogen-bond donors (Lipinski definition) is 1. The summed E-state index contributed by atoms with van der Waals surface area (Å²) in [4.78, 5) is 14.4. The second-order valence-corrected chi connectivity index (χ2v) is 5.14. The number of amides is 1. The minimum absolute atomic E-state index is 0.0411. The van der Waals surface area contributed by atoms with E-state index in [1.807, 2.05) is 42.2 Å². The molecule has 1 heterocycles. The molecule has 0 saturated carbocycles. The third-order valence-electron chi connectivity index (χ3n) is 3.93. The van der Waals surface area contributed by atoms with Gasteiger partial charge >= 0.3 is 0 Å². The third kappa shape index (κ3) is 2.91. The van der Waals surface area contributed by atoms with E-state index < -0.39 is 0 Å². The van der Waals surface area contributed by atoms with Crippen LogP contribution in [-0.2, 0) is 4.79 Å². The highest BCUT2D eigenvalue weighted by Crippen LogP contribution is 2.22. The predicted octanol–water partition coefficient (Wildman–Crippen LogP) is 1.99. The van der Waals surface area contributed by atoms with Crippen LogP contribution in [0.3, 0.4) is 0 Å². The Morgan fingerprint density at radius 3 is 2.50 bits per heavy atom. The van der Waals surface area contributed by atoms with Crippen molar-refractivity contribution in [2.75, 3.05) is 19.6 Å². The van der Waals surface area contributed by atoms with Gasteiger partial charge in [-0.15, -0.1) is 0 Å². The zero-order chi connectivity index (χ0) is 13.0. The van der Waals surface area contributed by atoms with Gasteiger partial charge in [0.15, 0.2) is 0 Å². The van der Waals surface area contributed by atoms with Crippen molar-refractivity contribution in [2.45, 2.75) is 25.7 Å². The highest BCUT2D eigenvalue weighted by Gasteiger charge is 2.25. The van der Waals surface area contributed by atoms with Gasteiger partial charge in [-0.3, -0.25) is 4.79 Å². The molecule has 1 fully saturated rings. The number of likely N-dealkylation sites (tertiary alicyclic amines) is 1.